The van der Waals surface area contributed by atoms with Crippen molar-refractivity contribution < 1.29 is 0 Å². The Labute approximate surface area is 108 Å². The van der Waals surface area contributed by atoms with Gasteiger partial charge in [-0.15, -0.1) is 0 Å². The van der Waals surface area contributed by atoms with Gasteiger partial charge < -0.3 is 5.32 Å². The van der Waals surface area contributed by atoms with Gasteiger partial charge in [-0.1, -0.05) is 43.2 Å². The van der Waals surface area contributed by atoms with Crippen molar-refractivity contribution in [3.05, 3.63) is 48.3 Å². The van der Waals surface area contributed by atoms with E-state index < -0.39 is 0 Å². The van der Waals surface area contributed by atoms with Crippen LogP contribution in [0.3, 0.4) is 0 Å². The first-order valence-electron chi connectivity index (χ1n) is 6.74. The normalized spacial score (nSPS) is 16.0. The van der Waals surface area contributed by atoms with E-state index in [2.05, 4.69) is 45.6 Å². The molecule has 1 aromatic heterocycles. The molecule has 3 rings (SSSR count). The minimum Gasteiger partial charge on any atom is -0.378 e. The van der Waals surface area contributed by atoms with Gasteiger partial charge in [-0.05, 0) is 18.4 Å². The van der Waals surface area contributed by atoms with Gasteiger partial charge in [0.15, 0.2) is 0 Å². The molecule has 1 heterocycles. The third-order valence-electron chi connectivity index (χ3n) is 3.64. The summed E-state index contributed by atoms with van der Waals surface area (Å²) in [6.45, 7) is 0.858. The molecule has 94 valence electrons. The SMILES string of the molecule is c1ccc(CNc2cnn(C3CCCC3)c2)cc1. The van der Waals surface area contributed by atoms with E-state index in [1.54, 1.807) is 0 Å². The maximum absolute atomic E-state index is 4.46. The number of aromatic nitrogens is 2. The highest BCUT2D eigenvalue weighted by molar-refractivity contribution is 5.39. The quantitative estimate of drug-likeness (QED) is 0.886. The lowest BCUT2D eigenvalue weighted by molar-refractivity contribution is 0.467. The summed E-state index contributed by atoms with van der Waals surface area (Å²) in [6.07, 6.45) is 9.31. The molecule has 1 aliphatic rings. The molecule has 3 nitrogen and oxygen atoms in total. The number of hydrogen-bond donors (Lipinski definition) is 1. The van der Waals surface area contributed by atoms with Crippen molar-refractivity contribution in [2.24, 2.45) is 0 Å². The van der Waals surface area contributed by atoms with Crippen LogP contribution in [0, 0.1) is 0 Å². The minimum atomic E-state index is 0.622. The summed E-state index contributed by atoms with van der Waals surface area (Å²) in [7, 11) is 0. The lowest BCUT2D eigenvalue weighted by Crippen LogP contribution is -2.04. The first-order valence-corrected chi connectivity index (χ1v) is 6.74. The lowest BCUT2D eigenvalue weighted by atomic mass is 10.2. The molecular formula is C15H19N3. The van der Waals surface area contributed by atoms with Crippen molar-refractivity contribution in [3.63, 3.8) is 0 Å². The molecule has 1 fully saturated rings. The molecule has 0 atom stereocenters. The third-order valence-corrected chi connectivity index (χ3v) is 3.64. The van der Waals surface area contributed by atoms with Crippen LogP contribution in [0.4, 0.5) is 5.69 Å². The first-order chi connectivity index (χ1) is 8.92. The van der Waals surface area contributed by atoms with Gasteiger partial charge in [0.1, 0.15) is 0 Å². The van der Waals surface area contributed by atoms with Gasteiger partial charge in [0.2, 0.25) is 0 Å². The maximum atomic E-state index is 4.46. The molecule has 1 N–H and O–H groups in total. The van der Waals surface area contributed by atoms with Crippen molar-refractivity contribution in [1.29, 1.82) is 0 Å². The van der Waals surface area contributed by atoms with Crippen LogP contribution < -0.4 is 5.32 Å². The van der Waals surface area contributed by atoms with Crippen molar-refractivity contribution in [3.8, 4) is 0 Å². The largest absolute Gasteiger partial charge is 0.378 e. The Morgan fingerprint density at radius 1 is 1.17 bits per heavy atom. The molecule has 18 heavy (non-hydrogen) atoms. The summed E-state index contributed by atoms with van der Waals surface area (Å²) in [4.78, 5) is 0. The van der Waals surface area contributed by atoms with E-state index in [4.69, 9.17) is 0 Å². The highest BCUT2D eigenvalue weighted by atomic mass is 15.3. The van der Waals surface area contributed by atoms with Crippen molar-refractivity contribution in [2.75, 3.05) is 5.32 Å². The highest BCUT2D eigenvalue weighted by Gasteiger charge is 2.17. The van der Waals surface area contributed by atoms with E-state index in [9.17, 15) is 0 Å². The van der Waals surface area contributed by atoms with Crippen molar-refractivity contribution in [2.45, 2.75) is 38.3 Å². The fourth-order valence-electron chi connectivity index (χ4n) is 2.60. The van der Waals surface area contributed by atoms with Crippen molar-refractivity contribution in [1.82, 2.24) is 9.78 Å². The van der Waals surface area contributed by atoms with Gasteiger partial charge in [-0.25, -0.2) is 0 Å². The summed E-state index contributed by atoms with van der Waals surface area (Å²) >= 11 is 0. The Balaban J connectivity index is 1.60. The maximum Gasteiger partial charge on any atom is 0.0729 e. The molecule has 0 aliphatic heterocycles. The van der Waals surface area contributed by atoms with Crippen molar-refractivity contribution >= 4 is 5.69 Å². The highest BCUT2D eigenvalue weighted by Crippen LogP contribution is 2.29. The average molecular weight is 241 g/mol. The van der Waals surface area contributed by atoms with Crippen LogP contribution >= 0.6 is 0 Å². The first kappa shape index (κ1) is 11.3. The fraction of sp³-hybridized carbons (Fsp3) is 0.400. The number of hydrogen-bond acceptors (Lipinski definition) is 2. The molecule has 0 amide bonds. The molecule has 0 saturated heterocycles. The number of anilines is 1. The van der Waals surface area contributed by atoms with Gasteiger partial charge in [0.25, 0.3) is 0 Å². The Kier molecular flexibility index (Phi) is 3.31. The van der Waals surface area contributed by atoms with E-state index in [1.165, 1.54) is 31.2 Å². The van der Waals surface area contributed by atoms with Crippen LogP contribution in [0.1, 0.15) is 37.3 Å². The van der Waals surface area contributed by atoms with Crippen LogP contribution in [0.25, 0.3) is 0 Å². The number of benzene rings is 1. The molecule has 1 aromatic carbocycles. The van der Waals surface area contributed by atoms with Gasteiger partial charge in [0, 0.05) is 12.7 Å². The zero-order valence-electron chi connectivity index (χ0n) is 10.5. The van der Waals surface area contributed by atoms with E-state index >= 15 is 0 Å². The molecule has 0 unspecified atom stereocenters. The van der Waals surface area contributed by atoms with Crippen LogP contribution in [0.2, 0.25) is 0 Å². The Morgan fingerprint density at radius 3 is 2.72 bits per heavy atom. The molecule has 0 bridgehead atoms. The predicted molar refractivity (Wildman–Crippen MR) is 73.5 cm³/mol. The summed E-state index contributed by atoms with van der Waals surface area (Å²) < 4.78 is 2.13. The van der Waals surface area contributed by atoms with E-state index in [-0.39, 0.29) is 0 Å². The number of rotatable bonds is 4. The zero-order valence-corrected chi connectivity index (χ0v) is 10.5. The fourth-order valence-corrected chi connectivity index (χ4v) is 2.60. The van der Waals surface area contributed by atoms with Crippen LogP contribution in [0.15, 0.2) is 42.7 Å². The van der Waals surface area contributed by atoms with Crippen LogP contribution in [-0.4, -0.2) is 9.78 Å². The summed E-state index contributed by atoms with van der Waals surface area (Å²) in [5, 5.41) is 7.89. The predicted octanol–water partition coefficient (Wildman–Crippen LogP) is 3.61. The summed E-state index contributed by atoms with van der Waals surface area (Å²) in [6, 6.07) is 11.1. The third kappa shape index (κ3) is 2.55. The van der Waals surface area contributed by atoms with Crippen LogP contribution in [-0.2, 0) is 6.54 Å². The zero-order chi connectivity index (χ0) is 12.2. The molecule has 1 aliphatic carbocycles. The summed E-state index contributed by atoms with van der Waals surface area (Å²) in [5.41, 5.74) is 2.41. The Morgan fingerprint density at radius 2 is 1.94 bits per heavy atom. The molecule has 1 saturated carbocycles. The van der Waals surface area contributed by atoms with E-state index in [0.717, 1.165) is 12.2 Å². The van der Waals surface area contributed by atoms with Crippen LogP contribution in [0.5, 0.6) is 0 Å². The van der Waals surface area contributed by atoms with E-state index in [0.29, 0.717) is 6.04 Å². The Bertz CT molecular complexity index is 483. The molecule has 2 aromatic rings. The lowest BCUT2D eigenvalue weighted by Gasteiger charge is -2.08. The molecule has 0 spiro atoms. The molecule has 3 heteroatoms. The van der Waals surface area contributed by atoms with Gasteiger partial charge in [0.05, 0.1) is 17.9 Å². The molecular weight excluding hydrogens is 222 g/mol. The van der Waals surface area contributed by atoms with E-state index in [1.807, 2.05) is 12.3 Å². The number of nitrogens with zero attached hydrogens (tertiary/aromatic N) is 2. The van der Waals surface area contributed by atoms with Gasteiger partial charge in [-0.2, -0.15) is 5.10 Å². The average Bonchev–Trinajstić information content (AvgIpc) is 3.08. The summed E-state index contributed by atoms with van der Waals surface area (Å²) in [5.74, 6) is 0. The second-order valence-corrected chi connectivity index (χ2v) is 4.99. The molecule has 0 radical (unpaired) electrons. The Hall–Kier alpha value is -1.77. The second-order valence-electron chi connectivity index (χ2n) is 4.99. The number of nitrogens with one attached hydrogen (secondary N) is 1. The minimum absolute atomic E-state index is 0.622. The van der Waals surface area contributed by atoms with Gasteiger partial charge >= 0.3 is 0 Å². The second kappa shape index (κ2) is 5.25. The van der Waals surface area contributed by atoms with Gasteiger partial charge in [-0.3, -0.25) is 4.68 Å². The topological polar surface area (TPSA) is 29.9 Å². The standard InChI is InChI=1S/C15H19N3/c1-2-6-13(7-3-1)10-16-14-11-17-18(12-14)15-8-4-5-9-15/h1-3,6-7,11-12,15-16H,4-5,8-10H2. The smallest absolute Gasteiger partial charge is 0.0729 e. The monoisotopic (exact) mass is 241 g/mol.